The molecule has 0 heterocycles. The average molecular weight is 266 g/mol. The van der Waals surface area contributed by atoms with Gasteiger partial charge in [0.25, 0.3) is 0 Å². The molecule has 0 N–H and O–H groups in total. The van der Waals surface area contributed by atoms with Gasteiger partial charge < -0.3 is 9.90 Å². The van der Waals surface area contributed by atoms with E-state index in [1.165, 1.54) is 0 Å². The minimum absolute atomic E-state index is 0. The summed E-state index contributed by atoms with van der Waals surface area (Å²) in [5, 5.41) is 9.93. The minimum atomic E-state index is -2.93. The molecule has 3 unspecified atom stereocenters. The Labute approximate surface area is 120 Å². The molecule has 7 heteroatoms. The smallest absolute Gasteiger partial charge is 0.547 e. The molecule has 0 saturated carbocycles. The van der Waals surface area contributed by atoms with Crippen LogP contribution in [0, 0.1) is 0 Å². The molecule has 0 aromatic carbocycles. The molecule has 0 aliphatic heterocycles. The van der Waals surface area contributed by atoms with Crippen molar-refractivity contribution in [3.8, 4) is 0 Å². The number of carboxylic acids is 1. The van der Waals surface area contributed by atoms with E-state index in [1.807, 2.05) is 0 Å². The van der Waals surface area contributed by atoms with Crippen LogP contribution in [0.5, 0.6) is 0 Å². The summed E-state index contributed by atoms with van der Waals surface area (Å²) in [6.45, 7) is -0.456. The minimum Gasteiger partial charge on any atom is -0.547 e. The van der Waals surface area contributed by atoms with E-state index >= 15 is 0 Å². The van der Waals surface area contributed by atoms with Gasteiger partial charge in [-0.3, -0.25) is 4.39 Å². The Bertz CT molecular complexity index is 207. The number of aliphatic carboxylic acids is 1. The Morgan fingerprint density at radius 1 is 1.06 bits per heavy atom. The molecule has 0 rings (SSSR count). The first-order chi connectivity index (χ1) is 7.50. The zero-order valence-electron chi connectivity index (χ0n) is 9.80. The largest absolute Gasteiger partial charge is 1.00 e. The number of carbonyl (C=O) groups excluding carboxylic acids is 1. The van der Waals surface area contributed by atoms with Crippen LogP contribution in [0.1, 0.15) is 32.1 Å². The number of rotatable bonds is 9. The number of alkyl halides is 4. The predicted octanol–water partition coefficient (Wildman–Crippen LogP) is -1.33. The summed E-state index contributed by atoms with van der Waals surface area (Å²) >= 11 is 0. The van der Waals surface area contributed by atoms with Crippen molar-refractivity contribution >= 4 is 5.97 Å². The monoisotopic (exact) mass is 266 g/mol. The van der Waals surface area contributed by atoms with Crippen molar-refractivity contribution in [3.05, 3.63) is 0 Å². The molecule has 0 aliphatic carbocycles. The number of halogens is 4. The van der Waals surface area contributed by atoms with Crippen molar-refractivity contribution in [2.24, 2.45) is 0 Å². The van der Waals surface area contributed by atoms with Gasteiger partial charge in [-0.05, 0) is 12.8 Å². The van der Waals surface area contributed by atoms with Gasteiger partial charge in [-0.25, -0.2) is 13.2 Å². The molecule has 2 nitrogen and oxygen atoms in total. The molecule has 0 fully saturated rings. The maximum absolute atomic E-state index is 12.9. The standard InChI is InChI=1S/C10H16F4O2.Na/c11-6-4-2-1-3-5-7(12)8(13)9(14)10(15)16;/h7-9H,1-6H2,(H,15,16);/q;+1/p-1. The molecule has 17 heavy (non-hydrogen) atoms. The van der Waals surface area contributed by atoms with E-state index in [9.17, 15) is 27.5 Å². The summed E-state index contributed by atoms with van der Waals surface area (Å²) < 4.78 is 49.8. The van der Waals surface area contributed by atoms with E-state index in [0.29, 0.717) is 19.3 Å². The Morgan fingerprint density at radius 2 is 1.59 bits per heavy atom. The fraction of sp³-hybridized carbons (Fsp3) is 0.900. The molecule has 0 bridgehead atoms. The van der Waals surface area contributed by atoms with Gasteiger partial charge in [0.15, 0.2) is 12.3 Å². The van der Waals surface area contributed by atoms with Crippen LogP contribution >= 0.6 is 0 Å². The van der Waals surface area contributed by atoms with E-state index in [-0.39, 0.29) is 42.4 Å². The molecular formula is C10H15F4NaO2. The molecule has 0 aliphatic rings. The van der Waals surface area contributed by atoms with Gasteiger partial charge in [-0.15, -0.1) is 0 Å². The summed E-state index contributed by atoms with van der Waals surface area (Å²) in [5.74, 6) is -2.24. The first kappa shape index (κ1) is 19.5. The second-order valence-corrected chi connectivity index (χ2v) is 3.57. The topological polar surface area (TPSA) is 40.1 Å². The third kappa shape index (κ3) is 8.85. The fourth-order valence-electron chi connectivity index (χ4n) is 1.26. The van der Waals surface area contributed by atoms with Crippen LogP contribution in [0.3, 0.4) is 0 Å². The van der Waals surface area contributed by atoms with Gasteiger partial charge in [0.2, 0.25) is 0 Å². The molecule has 0 radical (unpaired) electrons. The van der Waals surface area contributed by atoms with Crippen LogP contribution in [0.15, 0.2) is 0 Å². The van der Waals surface area contributed by atoms with Crippen molar-refractivity contribution in [1.82, 2.24) is 0 Å². The van der Waals surface area contributed by atoms with Gasteiger partial charge in [0.05, 0.1) is 12.6 Å². The van der Waals surface area contributed by atoms with Gasteiger partial charge in [-0.2, -0.15) is 0 Å². The van der Waals surface area contributed by atoms with Crippen LogP contribution in [0.2, 0.25) is 0 Å². The zero-order valence-corrected chi connectivity index (χ0v) is 11.8. The first-order valence-corrected chi connectivity index (χ1v) is 5.19. The number of unbranched alkanes of at least 4 members (excludes halogenated alkanes) is 3. The quantitative estimate of drug-likeness (QED) is 0.295. The Morgan fingerprint density at radius 3 is 2.06 bits per heavy atom. The van der Waals surface area contributed by atoms with E-state index in [0.717, 1.165) is 0 Å². The molecule has 3 atom stereocenters. The molecular weight excluding hydrogens is 251 g/mol. The summed E-state index contributed by atoms with van der Waals surface area (Å²) in [7, 11) is 0. The normalized spacial score (nSPS) is 15.8. The van der Waals surface area contributed by atoms with E-state index in [2.05, 4.69) is 0 Å². The van der Waals surface area contributed by atoms with Crippen LogP contribution in [0.4, 0.5) is 17.6 Å². The summed E-state index contributed by atoms with van der Waals surface area (Å²) in [4.78, 5) is 9.93. The summed E-state index contributed by atoms with van der Waals surface area (Å²) in [5.41, 5.74) is 0. The summed E-state index contributed by atoms with van der Waals surface area (Å²) in [6.07, 6.45) is -6.33. The van der Waals surface area contributed by atoms with E-state index in [1.54, 1.807) is 0 Å². The Kier molecular flexibility index (Phi) is 13.0. The van der Waals surface area contributed by atoms with Crippen molar-refractivity contribution in [2.45, 2.75) is 50.6 Å². The van der Waals surface area contributed by atoms with Crippen LogP contribution in [-0.2, 0) is 4.79 Å². The number of carbonyl (C=O) groups is 1. The van der Waals surface area contributed by atoms with Crippen LogP contribution in [-0.4, -0.2) is 31.2 Å². The second kappa shape index (κ2) is 11.3. The maximum Gasteiger partial charge on any atom is 1.00 e. The molecule has 0 aromatic rings. The molecule has 0 saturated heterocycles. The van der Waals surface area contributed by atoms with Crippen molar-refractivity contribution in [2.75, 3.05) is 6.67 Å². The Hall–Kier alpha value is 0.190. The number of hydrogen-bond donors (Lipinski definition) is 0. The predicted molar refractivity (Wildman–Crippen MR) is 48.8 cm³/mol. The first-order valence-electron chi connectivity index (χ1n) is 5.19. The molecule has 0 amide bonds. The molecule has 0 spiro atoms. The van der Waals surface area contributed by atoms with E-state index in [4.69, 9.17) is 0 Å². The van der Waals surface area contributed by atoms with Crippen LogP contribution < -0.4 is 34.7 Å². The number of carboxylic acid groups (broad SMARTS) is 1. The summed E-state index contributed by atoms with van der Waals surface area (Å²) in [6, 6.07) is 0. The van der Waals surface area contributed by atoms with Gasteiger partial charge in [-0.1, -0.05) is 19.3 Å². The van der Waals surface area contributed by atoms with Crippen LogP contribution in [0.25, 0.3) is 0 Å². The Balaban J connectivity index is 0. The third-order valence-corrected chi connectivity index (χ3v) is 2.21. The van der Waals surface area contributed by atoms with Gasteiger partial charge in [0, 0.05) is 0 Å². The molecule has 96 valence electrons. The third-order valence-electron chi connectivity index (χ3n) is 2.21. The van der Waals surface area contributed by atoms with Gasteiger partial charge >= 0.3 is 29.6 Å². The van der Waals surface area contributed by atoms with E-state index < -0.39 is 31.2 Å². The molecule has 0 aromatic heterocycles. The van der Waals surface area contributed by atoms with Gasteiger partial charge in [0.1, 0.15) is 6.17 Å². The van der Waals surface area contributed by atoms with Crippen molar-refractivity contribution < 1.29 is 57.0 Å². The maximum atomic E-state index is 12.9. The second-order valence-electron chi connectivity index (χ2n) is 3.57. The number of hydrogen-bond acceptors (Lipinski definition) is 2. The van der Waals surface area contributed by atoms with Crippen molar-refractivity contribution in [3.63, 3.8) is 0 Å². The van der Waals surface area contributed by atoms with Crippen molar-refractivity contribution in [1.29, 1.82) is 0 Å². The fourth-order valence-corrected chi connectivity index (χ4v) is 1.26. The SMILES string of the molecule is O=C([O-])C(F)C(F)C(F)CCCCCCF.[Na+]. The zero-order chi connectivity index (χ0) is 12.6. The average Bonchev–Trinajstić information content (AvgIpc) is 2.26.